The molecule has 2 aromatic rings. The Kier molecular flexibility index (Phi) is 4.10. The van der Waals surface area contributed by atoms with E-state index in [1.165, 1.54) is 4.88 Å². The average Bonchev–Trinajstić information content (AvgIpc) is 2.89. The summed E-state index contributed by atoms with van der Waals surface area (Å²) in [6.45, 7) is 3.79. The molecule has 0 amide bonds. The van der Waals surface area contributed by atoms with Gasteiger partial charge >= 0.3 is 0 Å². The molecular formula is C14H18ClN3OS. The van der Waals surface area contributed by atoms with Gasteiger partial charge in [-0.25, -0.2) is 4.98 Å². The van der Waals surface area contributed by atoms with E-state index in [1.807, 2.05) is 0 Å². The number of aromatic nitrogens is 2. The van der Waals surface area contributed by atoms with Crippen molar-refractivity contribution in [3.8, 4) is 0 Å². The van der Waals surface area contributed by atoms with Crippen LogP contribution in [0.4, 0.5) is 5.82 Å². The molecule has 108 valence electrons. The fraction of sp³-hybridized carbons (Fsp3) is 0.571. The van der Waals surface area contributed by atoms with Gasteiger partial charge in [-0.15, -0.1) is 11.3 Å². The van der Waals surface area contributed by atoms with E-state index in [4.69, 9.17) is 16.3 Å². The highest BCUT2D eigenvalue weighted by Gasteiger charge is 2.22. The molecule has 1 aliphatic heterocycles. The van der Waals surface area contributed by atoms with Crippen molar-refractivity contribution in [3.05, 3.63) is 16.2 Å². The lowest BCUT2D eigenvalue weighted by Crippen LogP contribution is -2.37. The smallest absolute Gasteiger partial charge is 0.225 e. The number of rotatable bonds is 3. The Morgan fingerprint density at radius 1 is 1.40 bits per heavy atom. The van der Waals surface area contributed by atoms with Crippen LogP contribution in [0.3, 0.4) is 0 Å². The Labute approximate surface area is 127 Å². The van der Waals surface area contributed by atoms with Gasteiger partial charge in [-0.05, 0) is 36.9 Å². The summed E-state index contributed by atoms with van der Waals surface area (Å²) in [6.07, 6.45) is 3.08. The number of ether oxygens (including phenoxy) is 1. The molecule has 20 heavy (non-hydrogen) atoms. The lowest BCUT2D eigenvalue weighted by Gasteiger charge is -2.32. The van der Waals surface area contributed by atoms with Crippen molar-refractivity contribution in [2.75, 3.05) is 25.2 Å². The van der Waals surface area contributed by atoms with Gasteiger partial charge in [0.2, 0.25) is 5.28 Å². The second kappa shape index (κ2) is 5.84. The van der Waals surface area contributed by atoms with E-state index in [2.05, 4.69) is 34.9 Å². The van der Waals surface area contributed by atoms with E-state index in [0.29, 0.717) is 11.3 Å². The van der Waals surface area contributed by atoms with Crippen LogP contribution in [0.1, 0.15) is 24.6 Å². The highest BCUT2D eigenvalue weighted by molar-refractivity contribution is 7.18. The summed E-state index contributed by atoms with van der Waals surface area (Å²) >= 11 is 7.80. The summed E-state index contributed by atoms with van der Waals surface area (Å²) in [5, 5.41) is 1.45. The number of aryl methyl sites for hydroxylation is 1. The first-order chi connectivity index (χ1) is 9.69. The van der Waals surface area contributed by atoms with Gasteiger partial charge < -0.3 is 9.64 Å². The quantitative estimate of drug-likeness (QED) is 0.813. The van der Waals surface area contributed by atoms with Crippen molar-refractivity contribution in [1.82, 2.24) is 9.97 Å². The van der Waals surface area contributed by atoms with Gasteiger partial charge in [0, 0.05) is 31.2 Å². The number of thiophene rings is 1. The molecule has 0 aromatic carbocycles. The molecule has 0 spiro atoms. The van der Waals surface area contributed by atoms with Crippen LogP contribution in [0.2, 0.25) is 5.28 Å². The third kappa shape index (κ3) is 2.62. The maximum absolute atomic E-state index is 6.09. The second-order valence-corrected chi connectivity index (χ2v) is 6.51. The van der Waals surface area contributed by atoms with Crippen LogP contribution in [0.15, 0.2) is 6.07 Å². The van der Waals surface area contributed by atoms with Gasteiger partial charge in [-0.3, -0.25) is 0 Å². The maximum atomic E-state index is 6.09. The van der Waals surface area contributed by atoms with Gasteiger partial charge in [-0.2, -0.15) is 4.98 Å². The first-order valence-electron chi connectivity index (χ1n) is 6.95. The summed E-state index contributed by atoms with van der Waals surface area (Å²) < 4.78 is 5.44. The highest BCUT2D eigenvalue weighted by Crippen LogP contribution is 2.33. The van der Waals surface area contributed by atoms with Crippen LogP contribution in [-0.2, 0) is 11.2 Å². The van der Waals surface area contributed by atoms with E-state index in [1.54, 1.807) is 11.3 Å². The third-order valence-corrected chi connectivity index (χ3v) is 5.16. The molecule has 0 radical (unpaired) electrons. The largest absolute Gasteiger partial charge is 0.381 e. The molecule has 4 nitrogen and oxygen atoms in total. The van der Waals surface area contributed by atoms with Crippen LogP contribution in [-0.4, -0.2) is 36.3 Å². The van der Waals surface area contributed by atoms with E-state index < -0.39 is 0 Å². The molecule has 0 atom stereocenters. The van der Waals surface area contributed by atoms with Crippen molar-refractivity contribution in [2.45, 2.75) is 32.2 Å². The normalized spacial score (nSPS) is 16.8. The predicted octanol–water partition coefficient (Wildman–Crippen LogP) is 3.52. The summed E-state index contributed by atoms with van der Waals surface area (Å²) in [5.74, 6) is 0.947. The average molecular weight is 312 g/mol. The van der Waals surface area contributed by atoms with E-state index >= 15 is 0 Å². The molecule has 3 rings (SSSR count). The number of anilines is 1. The number of fused-ring (bicyclic) bond motifs is 1. The molecular weight excluding hydrogens is 294 g/mol. The number of nitrogens with zero attached hydrogens (tertiary/aromatic N) is 3. The number of hydrogen-bond acceptors (Lipinski definition) is 5. The van der Waals surface area contributed by atoms with Gasteiger partial charge in [0.15, 0.2) is 0 Å². The topological polar surface area (TPSA) is 38.2 Å². The van der Waals surface area contributed by atoms with Gasteiger partial charge in [-0.1, -0.05) is 6.92 Å². The van der Waals surface area contributed by atoms with Crippen LogP contribution in [0.25, 0.3) is 10.2 Å². The zero-order valence-corrected chi connectivity index (χ0v) is 13.3. The van der Waals surface area contributed by atoms with Crippen LogP contribution in [0.5, 0.6) is 0 Å². The third-order valence-electron chi connectivity index (χ3n) is 3.82. The van der Waals surface area contributed by atoms with Gasteiger partial charge in [0.05, 0.1) is 5.39 Å². The van der Waals surface area contributed by atoms with Crippen LogP contribution < -0.4 is 4.90 Å². The molecule has 6 heteroatoms. The molecule has 1 fully saturated rings. The lowest BCUT2D eigenvalue weighted by atomic mass is 10.1. The van der Waals surface area contributed by atoms with Crippen LogP contribution in [0, 0.1) is 0 Å². The van der Waals surface area contributed by atoms with E-state index in [-0.39, 0.29) is 0 Å². The van der Waals surface area contributed by atoms with E-state index in [9.17, 15) is 0 Å². The molecule has 1 aliphatic rings. The Morgan fingerprint density at radius 2 is 2.15 bits per heavy atom. The van der Waals surface area contributed by atoms with Crippen molar-refractivity contribution in [1.29, 1.82) is 0 Å². The number of hydrogen-bond donors (Lipinski definition) is 0. The summed E-state index contributed by atoms with van der Waals surface area (Å²) in [4.78, 5) is 13.4. The Bertz CT molecular complexity index is 610. The van der Waals surface area contributed by atoms with Crippen molar-refractivity contribution < 1.29 is 4.74 Å². The number of halogens is 1. The Hall–Kier alpha value is -0.910. The van der Waals surface area contributed by atoms with Gasteiger partial charge in [0.25, 0.3) is 0 Å². The molecule has 0 aliphatic carbocycles. The minimum atomic E-state index is 0.330. The first kappa shape index (κ1) is 14.0. The molecule has 1 saturated heterocycles. The minimum Gasteiger partial charge on any atom is -0.381 e. The molecule has 3 heterocycles. The lowest BCUT2D eigenvalue weighted by molar-refractivity contribution is 0.0854. The fourth-order valence-electron chi connectivity index (χ4n) is 2.62. The van der Waals surface area contributed by atoms with Crippen molar-refractivity contribution in [3.63, 3.8) is 0 Å². The standard InChI is InChI=1S/C14H18ClN3OS/c1-3-10-8-11-12(16-14(15)17-13(11)20-10)18(2)9-4-6-19-7-5-9/h8-9H,3-7H2,1-2H3. The molecule has 0 saturated carbocycles. The Balaban J connectivity index is 2.02. The maximum Gasteiger partial charge on any atom is 0.225 e. The highest BCUT2D eigenvalue weighted by atomic mass is 35.5. The molecule has 2 aromatic heterocycles. The van der Waals surface area contributed by atoms with Gasteiger partial charge in [0.1, 0.15) is 10.6 Å². The predicted molar refractivity (Wildman–Crippen MR) is 84.0 cm³/mol. The SMILES string of the molecule is CCc1cc2c(N(C)C3CCOCC3)nc(Cl)nc2s1. The zero-order chi connectivity index (χ0) is 14.1. The first-order valence-corrected chi connectivity index (χ1v) is 8.15. The van der Waals surface area contributed by atoms with Crippen molar-refractivity contribution >= 4 is 39.0 Å². The summed E-state index contributed by atoms with van der Waals surface area (Å²) in [5.41, 5.74) is 0. The minimum absolute atomic E-state index is 0.330. The zero-order valence-electron chi connectivity index (χ0n) is 11.7. The molecule has 0 unspecified atom stereocenters. The van der Waals surface area contributed by atoms with Crippen molar-refractivity contribution in [2.24, 2.45) is 0 Å². The summed E-state index contributed by atoms with van der Waals surface area (Å²) in [7, 11) is 2.09. The summed E-state index contributed by atoms with van der Waals surface area (Å²) in [6, 6.07) is 2.66. The fourth-order valence-corrected chi connectivity index (χ4v) is 3.80. The molecule has 0 bridgehead atoms. The van der Waals surface area contributed by atoms with E-state index in [0.717, 1.165) is 48.5 Å². The Morgan fingerprint density at radius 3 is 2.85 bits per heavy atom. The second-order valence-electron chi connectivity index (χ2n) is 5.06. The monoisotopic (exact) mass is 311 g/mol. The molecule has 0 N–H and O–H groups in total. The van der Waals surface area contributed by atoms with Crippen LogP contribution >= 0.6 is 22.9 Å².